The molecule has 5 nitrogen and oxygen atoms in total. The number of thiophene rings is 1. The van der Waals surface area contributed by atoms with Gasteiger partial charge >= 0.3 is 0 Å². The van der Waals surface area contributed by atoms with Gasteiger partial charge < -0.3 is 15.0 Å². The number of nitrogens with one attached hydrogen (secondary N) is 1. The van der Waals surface area contributed by atoms with Gasteiger partial charge in [0.1, 0.15) is 12.4 Å². The minimum absolute atomic E-state index is 0.0394. The average molecular weight is 424 g/mol. The number of hydrogen-bond acceptors (Lipinski definition) is 4. The molecule has 154 valence electrons. The number of halogens is 1. The molecule has 0 spiro atoms. The third kappa shape index (κ3) is 4.13. The summed E-state index contributed by atoms with van der Waals surface area (Å²) in [6, 6.07) is 14.9. The van der Waals surface area contributed by atoms with Crippen molar-refractivity contribution in [3.8, 4) is 0 Å². The van der Waals surface area contributed by atoms with E-state index in [0.29, 0.717) is 12.2 Å². The Balaban J connectivity index is 1.57. The lowest BCUT2D eigenvalue weighted by Crippen LogP contribution is -2.41. The number of benzene rings is 2. The summed E-state index contributed by atoms with van der Waals surface area (Å²) in [7, 11) is 1.52. The van der Waals surface area contributed by atoms with Crippen LogP contribution in [0.15, 0.2) is 60.0 Å². The molecule has 1 aliphatic heterocycles. The zero-order valence-electron chi connectivity index (χ0n) is 16.4. The second-order valence-corrected chi connectivity index (χ2v) is 8.06. The van der Waals surface area contributed by atoms with E-state index in [2.05, 4.69) is 16.8 Å². The topological polar surface area (TPSA) is 58.6 Å². The summed E-state index contributed by atoms with van der Waals surface area (Å²) in [6.45, 7) is 0.677. The molecule has 0 radical (unpaired) electrons. The van der Waals surface area contributed by atoms with Crippen LogP contribution >= 0.6 is 11.3 Å². The van der Waals surface area contributed by atoms with Crippen LogP contribution in [-0.2, 0) is 16.0 Å². The molecule has 2 amide bonds. The van der Waals surface area contributed by atoms with E-state index in [1.165, 1.54) is 30.2 Å². The monoisotopic (exact) mass is 424 g/mol. The van der Waals surface area contributed by atoms with Crippen LogP contribution < -0.4 is 5.32 Å². The van der Waals surface area contributed by atoms with E-state index >= 15 is 0 Å². The first-order valence-electron chi connectivity index (χ1n) is 9.58. The van der Waals surface area contributed by atoms with Crippen LogP contribution in [0.2, 0.25) is 0 Å². The van der Waals surface area contributed by atoms with Gasteiger partial charge in [0, 0.05) is 29.8 Å². The Morgan fingerprint density at radius 3 is 2.73 bits per heavy atom. The molecule has 4 rings (SSSR count). The van der Waals surface area contributed by atoms with Crippen LogP contribution in [0.3, 0.4) is 0 Å². The highest BCUT2D eigenvalue weighted by Gasteiger charge is 2.32. The summed E-state index contributed by atoms with van der Waals surface area (Å²) in [5, 5.41) is 4.83. The quantitative estimate of drug-likeness (QED) is 0.666. The smallest absolute Gasteiger partial charge is 0.255 e. The molecule has 1 aliphatic rings. The van der Waals surface area contributed by atoms with Crippen molar-refractivity contribution < 1.29 is 18.7 Å². The number of carbonyl (C=O) groups is 2. The minimum Gasteiger partial charge on any atom is -0.375 e. The lowest BCUT2D eigenvalue weighted by atomic mass is 9.93. The molecule has 0 unspecified atom stereocenters. The molecule has 1 N–H and O–H groups in total. The summed E-state index contributed by atoms with van der Waals surface area (Å²) >= 11 is 1.70. The third-order valence-electron chi connectivity index (χ3n) is 5.13. The Labute approximate surface area is 178 Å². The van der Waals surface area contributed by atoms with Crippen molar-refractivity contribution in [2.24, 2.45) is 0 Å². The Morgan fingerprint density at radius 1 is 1.20 bits per heavy atom. The molecule has 7 heteroatoms. The first-order chi connectivity index (χ1) is 14.6. The van der Waals surface area contributed by atoms with Crippen molar-refractivity contribution in [1.82, 2.24) is 4.90 Å². The summed E-state index contributed by atoms with van der Waals surface area (Å²) in [5.74, 6) is -0.887. The fourth-order valence-corrected chi connectivity index (χ4v) is 4.64. The van der Waals surface area contributed by atoms with Crippen molar-refractivity contribution in [2.45, 2.75) is 12.5 Å². The molecule has 1 aromatic heterocycles. The largest absolute Gasteiger partial charge is 0.375 e. The maximum atomic E-state index is 13.4. The summed E-state index contributed by atoms with van der Waals surface area (Å²) < 4.78 is 18.4. The molecular formula is C23H21FN2O3S. The van der Waals surface area contributed by atoms with E-state index in [1.54, 1.807) is 29.5 Å². The number of amides is 2. The fraction of sp³-hybridized carbons (Fsp3) is 0.217. The molecule has 0 fully saturated rings. The Bertz CT molecular complexity index is 1060. The molecule has 3 aromatic rings. The number of hydrogen-bond donors (Lipinski definition) is 1. The van der Waals surface area contributed by atoms with Crippen LogP contribution in [0.1, 0.15) is 32.4 Å². The molecule has 2 aromatic carbocycles. The Hall–Kier alpha value is -3.03. The summed E-state index contributed by atoms with van der Waals surface area (Å²) in [6.07, 6.45) is 0.834. The van der Waals surface area contributed by atoms with Gasteiger partial charge in [-0.3, -0.25) is 9.59 Å². The van der Waals surface area contributed by atoms with Crippen molar-refractivity contribution in [1.29, 1.82) is 0 Å². The van der Waals surface area contributed by atoms with Crippen LogP contribution in [0.5, 0.6) is 0 Å². The van der Waals surface area contributed by atoms with Gasteiger partial charge in [-0.25, -0.2) is 4.39 Å². The fourth-order valence-electron chi connectivity index (χ4n) is 3.73. The van der Waals surface area contributed by atoms with Gasteiger partial charge in [-0.15, -0.1) is 11.3 Å². The van der Waals surface area contributed by atoms with Gasteiger partial charge in [0.25, 0.3) is 5.91 Å². The average Bonchev–Trinajstić information content (AvgIpc) is 3.23. The Kier molecular flexibility index (Phi) is 5.92. The predicted molar refractivity (Wildman–Crippen MR) is 114 cm³/mol. The van der Waals surface area contributed by atoms with Crippen molar-refractivity contribution in [2.75, 3.05) is 25.6 Å². The van der Waals surface area contributed by atoms with Crippen molar-refractivity contribution in [3.05, 3.63) is 87.4 Å². The maximum Gasteiger partial charge on any atom is 0.255 e. The highest BCUT2D eigenvalue weighted by atomic mass is 32.1. The molecule has 1 atom stereocenters. The van der Waals surface area contributed by atoms with E-state index in [9.17, 15) is 14.0 Å². The highest BCUT2D eigenvalue weighted by molar-refractivity contribution is 7.10. The molecular weight excluding hydrogens is 403 g/mol. The molecule has 0 bridgehead atoms. The van der Waals surface area contributed by atoms with E-state index in [-0.39, 0.29) is 30.0 Å². The first-order valence-corrected chi connectivity index (χ1v) is 10.5. The van der Waals surface area contributed by atoms with Crippen LogP contribution in [0, 0.1) is 5.82 Å². The predicted octanol–water partition coefficient (Wildman–Crippen LogP) is 4.26. The molecule has 2 heterocycles. The lowest BCUT2D eigenvalue weighted by molar-refractivity contribution is -0.137. The highest BCUT2D eigenvalue weighted by Crippen LogP contribution is 2.38. The summed E-state index contributed by atoms with van der Waals surface area (Å²) in [4.78, 5) is 28.1. The SMILES string of the molecule is COCC(=O)N1CCc2sccc2[C@@H]1c1ccc(NC(=O)c2cccc(F)c2)cc1. The van der Waals surface area contributed by atoms with Crippen LogP contribution in [-0.4, -0.2) is 37.0 Å². The van der Waals surface area contributed by atoms with E-state index in [4.69, 9.17) is 4.74 Å². The number of ether oxygens (including phenoxy) is 1. The Morgan fingerprint density at radius 2 is 2.00 bits per heavy atom. The first kappa shape index (κ1) is 20.3. The van der Waals surface area contributed by atoms with Crippen LogP contribution in [0.4, 0.5) is 10.1 Å². The molecule has 0 saturated heterocycles. The number of carbonyl (C=O) groups excluding carboxylic acids is 2. The van der Waals surface area contributed by atoms with Crippen molar-refractivity contribution in [3.63, 3.8) is 0 Å². The molecule has 30 heavy (non-hydrogen) atoms. The maximum absolute atomic E-state index is 13.4. The van der Waals surface area contributed by atoms with E-state index in [1.807, 2.05) is 17.0 Å². The van der Waals surface area contributed by atoms with E-state index < -0.39 is 5.82 Å². The third-order valence-corrected chi connectivity index (χ3v) is 6.12. The second kappa shape index (κ2) is 8.77. The second-order valence-electron chi connectivity index (χ2n) is 7.06. The summed E-state index contributed by atoms with van der Waals surface area (Å²) in [5.41, 5.74) is 2.95. The minimum atomic E-state index is -0.456. The number of rotatable bonds is 5. The van der Waals surface area contributed by atoms with Gasteiger partial charge in [-0.05, 0) is 59.3 Å². The molecule has 0 saturated carbocycles. The van der Waals surface area contributed by atoms with Gasteiger partial charge in [0.05, 0.1) is 6.04 Å². The van der Waals surface area contributed by atoms with Crippen molar-refractivity contribution >= 4 is 28.8 Å². The van der Waals surface area contributed by atoms with Gasteiger partial charge in [0.15, 0.2) is 0 Å². The zero-order valence-corrected chi connectivity index (χ0v) is 17.2. The number of nitrogens with zero attached hydrogens (tertiary/aromatic N) is 1. The van der Waals surface area contributed by atoms with E-state index in [0.717, 1.165) is 17.5 Å². The number of fused-ring (bicyclic) bond motifs is 1. The van der Waals surface area contributed by atoms with Gasteiger partial charge in [-0.1, -0.05) is 18.2 Å². The normalized spacial score (nSPS) is 15.5. The lowest BCUT2D eigenvalue weighted by Gasteiger charge is -2.36. The van der Waals surface area contributed by atoms with Crippen LogP contribution in [0.25, 0.3) is 0 Å². The standard InChI is InChI=1S/C23H21FN2O3S/c1-29-14-21(27)26-11-9-20-19(10-12-30-20)22(26)15-5-7-18(8-6-15)25-23(28)16-3-2-4-17(24)13-16/h2-8,10,12-13,22H,9,11,14H2,1H3,(H,25,28)/t22-/m0/s1. The van der Waals surface area contributed by atoms with Gasteiger partial charge in [0.2, 0.25) is 5.91 Å². The molecule has 0 aliphatic carbocycles. The number of anilines is 1. The van der Waals surface area contributed by atoms with Gasteiger partial charge in [-0.2, -0.15) is 0 Å². The number of methoxy groups -OCH3 is 1. The zero-order chi connectivity index (χ0) is 21.1.